The number of hydrogen-bond donors (Lipinski definition) is 2. The maximum absolute atomic E-state index is 12.6. The molecule has 0 aliphatic carbocycles. The molecule has 0 bridgehead atoms. The van der Waals surface area contributed by atoms with E-state index in [0.717, 1.165) is 0 Å². The van der Waals surface area contributed by atoms with Gasteiger partial charge in [-0.1, -0.05) is 13.8 Å². The van der Waals surface area contributed by atoms with Crippen LogP contribution in [0.2, 0.25) is 0 Å². The predicted octanol–water partition coefficient (Wildman–Crippen LogP) is 0.512. The zero-order valence-corrected chi connectivity index (χ0v) is 13.9. The molecule has 1 aliphatic heterocycles. The van der Waals surface area contributed by atoms with E-state index in [1.54, 1.807) is 13.8 Å². The van der Waals surface area contributed by atoms with Crippen LogP contribution in [-0.4, -0.2) is 35.3 Å². The maximum atomic E-state index is 12.6. The monoisotopic (exact) mass is 350 g/mol. The molecule has 134 valence electrons. The van der Waals surface area contributed by atoms with Crippen LogP contribution >= 0.6 is 0 Å². The smallest absolute Gasteiger partial charge is 0.273 e. The van der Waals surface area contributed by atoms with Gasteiger partial charge in [0.15, 0.2) is 11.9 Å². The van der Waals surface area contributed by atoms with Gasteiger partial charge in [-0.25, -0.2) is 0 Å². The fourth-order valence-corrected chi connectivity index (χ4v) is 2.32. The van der Waals surface area contributed by atoms with E-state index in [0.29, 0.717) is 0 Å². The molecule has 10 nitrogen and oxygen atoms in total. The molecule has 0 aromatic heterocycles. The topological polar surface area (TPSA) is 131 Å². The van der Waals surface area contributed by atoms with Crippen molar-refractivity contribution in [3.8, 4) is 5.75 Å². The molecule has 1 unspecified atom stereocenters. The highest BCUT2D eigenvalue weighted by molar-refractivity contribution is 6.04. The summed E-state index contributed by atoms with van der Waals surface area (Å²) >= 11 is 0. The summed E-state index contributed by atoms with van der Waals surface area (Å²) in [6.45, 7) is 4.39. The first-order valence-corrected chi connectivity index (χ1v) is 7.52. The molecule has 0 saturated carbocycles. The fourth-order valence-electron chi connectivity index (χ4n) is 2.32. The van der Waals surface area contributed by atoms with Crippen molar-refractivity contribution in [2.24, 2.45) is 5.92 Å². The third kappa shape index (κ3) is 4.03. The normalized spacial score (nSPS) is 16.1. The van der Waals surface area contributed by atoms with E-state index in [9.17, 15) is 24.5 Å². The van der Waals surface area contributed by atoms with E-state index in [1.807, 2.05) is 0 Å². The first-order valence-electron chi connectivity index (χ1n) is 7.52. The highest BCUT2D eigenvalue weighted by Gasteiger charge is 2.38. The number of hydrazine groups is 1. The van der Waals surface area contributed by atoms with Crippen LogP contribution in [0.5, 0.6) is 5.75 Å². The molecule has 2 N–H and O–H groups in total. The molecule has 25 heavy (non-hydrogen) atoms. The number of nitrogens with zero attached hydrogens (tertiary/aromatic N) is 2. The van der Waals surface area contributed by atoms with Gasteiger partial charge in [-0.05, 0) is 12.0 Å². The third-order valence-electron chi connectivity index (χ3n) is 3.49. The van der Waals surface area contributed by atoms with Crippen LogP contribution in [0.15, 0.2) is 18.2 Å². The number of ether oxygens (including phenoxy) is 1. The van der Waals surface area contributed by atoms with Gasteiger partial charge in [-0.2, -0.15) is 0 Å². The molecule has 10 heteroatoms. The molecule has 0 fully saturated rings. The van der Waals surface area contributed by atoms with Gasteiger partial charge in [-0.15, -0.1) is 0 Å². The summed E-state index contributed by atoms with van der Waals surface area (Å²) < 4.78 is 5.61. The Morgan fingerprint density at radius 2 is 2.04 bits per heavy atom. The minimum absolute atomic E-state index is 0.153. The SMILES string of the molecule is CC(=O)NNC(=O)CN1C(=O)C(C(C)C)Oc2cc([N+](=O)[O-])ccc21. The quantitative estimate of drug-likeness (QED) is 0.601. The number of hydrogen-bond acceptors (Lipinski definition) is 6. The molecular weight excluding hydrogens is 332 g/mol. The van der Waals surface area contributed by atoms with Crippen molar-refractivity contribution in [3.05, 3.63) is 28.3 Å². The molecule has 0 spiro atoms. The first-order chi connectivity index (χ1) is 11.7. The van der Waals surface area contributed by atoms with Gasteiger partial charge >= 0.3 is 0 Å². The van der Waals surface area contributed by atoms with Gasteiger partial charge in [-0.3, -0.25) is 40.2 Å². The van der Waals surface area contributed by atoms with Crippen LogP contribution < -0.4 is 20.5 Å². The first kappa shape index (κ1) is 18.2. The van der Waals surface area contributed by atoms with Gasteiger partial charge in [0.05, 0.1) is 16.7 Å². The highest BCUT2D eigenvalue weighted by Crippen LogP contribution is 2.38. The van der Waals surface area contributed by atoms with Gasteiger partial charge in [0, 0.05) is 13.0 Å². The zero-order valence-electron chi connectivity index (χ0n) is 13.9. The van der Waals surface area contributed by atoms with Crippen molar-refractivity contribution in [2.75, 3.05) is 11.4 Å². The number of amides is 3. The largest absolute Gasteiger partial charge is 0.478 e. The van der Waals surface area contributed by atoms with E-state index < -0.39 is 28.7 Å². The van der Waals surface area contributed by atoms with E-state index >= 15 is 0 Å². The summed E-state index contributed by atoms with van der Waals surface area (Å²) in [4.78, 5) is 47.0. The van der Waals surface area contributed by atoms with Gasteiger partial charge in [0.1, 0.15) is 6.54 Å². The summed E-state index contributed by atoms with van der Waals surface area (Å²) in [7, 11) is 0. The van der Waals surface area contributed by atoms with Crippen molar-refractivity contribution >= 4 is 29.1 Å². The Balaban J connectivity index is 2.33. The second-order valence-electron chi connectivity index (χ2n) is 5.85. The number of nitro groups is 1. The number of nitro benzene ring substituents is 1. The lowest BCUT2D eigenvalue weighted by atomic mass is 10.0. The van der Waals surface area contributed by atoms with Crippen LogP contribution in [0.1, 0.15) is 20.8 Å². The predicted molar refractivity (Wildman–Crippen MR) is 86.7 cm³/mol. The molecule has 1 atom stereocenters. The second kappa shape index (κ2) is 7.16. The average Bonchev–Trinajstić information content (AvgIpc) is 2.54. The molecule has 1 aromatic carbocycles. The van der Waals surface area contributed by atoms with E-state index in [2.05, 4.69) is 10.9 Å². The Morgan fingerprint density at radius 1 is 1.36 bits per heavy atom. The summed E-state index contributed by atoms with van der Waals surface area (Å²) in [6, 6.07) is 3.80. The van der Waals surface area contributed by atoms with E-state index in [-0.39, 0.29) is 29.6 Å². The molecule has 0 radical (unpaired) electrons. The number of rotatable bonds is 4. The lowest BCUT2D eigenvalue weighted by Crippen LogP contribution is -2.53. The van der Waals surface area contributed by atoms with Crippen LogP contribution in [0.3, 0.4) is 0 Å². The van der Waals surface area contributed by atoms with Gasteiger partial charge in [0.2, 0.25) is 5.91 Å². The number of carbonyl (C=O) groups excluding carboxylic acids is 3. The van der Waals surface area contributed by atoms with Gasteiger partial charge < -0.3 is 4.74 Å². The highest BCUT2D eigenvalue weighted by atomic mass is 16.6. The molecule has 3 amide bonds. The summed E-state index contributed by atoms with van der Waals surface area (Å²) in [5.41, 5.74) is 4.38. The number of carbonyl (C=O) groups is 3. The fraction of sp³-hybridized carbons (Fsp3) is 0.400. The summed E-state index contributed by atoms with van der Waals surface area (Å²) in [6.07, 6.45) is -0.872. The zero-order chi connectivity index (χ0) is 18.7. The van der Waals surface area contributed by atoms with Crippen molar-refractivity contribution < 1.29 is 24.0 Å². The number of anilines is 1. The maximum Gasteiger partial charge on any atom is 0.273 e. The Morgan fingerprint density at radius 3 is 2.60 bits per heavy atom. The van der Waals surface area contributed by atoms with E-state index in [4.69, 9.17) is 4.74 Å². The molecule has 2 rings (SSSR count). The Kier molecular flexibility index (Phi) is 5.20. The number of benzene rings is 1. The molecule has 1 aliphatic rings. The van der Waals surface area contributed by atoms with Crippen molar-refractivity contribution in [2.45, 2.75) is 26.9 Å². The minimum Gasteiger partial charge on any atom is -0.478 e. The standard InChI is InChI=1S/C15H18N4O6/c1-8(2)14-15(22)18(7-13(21)17-16-9(3)20)11-5-4-10(19(23)24)6-12(11)25-14/h4-6,8,14H,7H2,1-3H3,(H,16,20)(H,17,21). The lowest BCUT2D eigenvalue weighted by molar-refractivity contribution is -0.384. The lowest BCUT2D eigenvalue weighted by Gasteiger charge is -2.35. The third-order valence-corrected chi connectivity index (χ3v) is 3.49. The number of nitrogens with one attached hydrogen (secondary N) is 2. The average molecular weight is 350 g/mol. The van der Waals surface area contributed by atoms with Gasteiger partial charge in [0.25, 0.3) is 17.5 Å². The second-order valence-corrected chi connectivity index (χ2v) is 5.85. The summed E-state index contributed by atoms with van der Waals surface area (Å²) in [5, 5.41) is 10.9. The molecule has 1 aromatic rings. The van der Waals surface area contributed by atoms with Crippen molar-refractivity contribution in [1.82, 2.24) is 10.9 Å². The Bertz CT molecular complexity index is 733. The summed E-state index contributed by atoms with van der Waals surface area (Å²) in [5.74, 6) is -1.56. The molecule has 1 heterocycles. The minimum atomic E-state index is -0.872. The van der Waals surface area contributed by atoms with Crippen molar-refractivity contribution in [1.29, 1.82) is 0 Å². The van der Waals surface area contributed by atoms with Crippen LogP contribution in [0.25, 0.3) is 0 Å². The van der Waals surface area contributed by atoms with Crippen LogP contribution in [0.4, 0.5) is 11.4 Å². The van der Waals surface area contributed by atoms with Crippen LogP contribution in [0, 0.1) is 16.0 Å². The molecular formula is C15H18N4O6. The number of non-ortho nitro benzene ring substituents is 1. The molecule has 0 saturated heterocycles. The van der Waals surface area contributed by atoms with E-state index in [1.165, 1.54) is 30.0 Å². The number of fused-ring (bicyclic) bond motifs is 1. The Hall–Kier alpha value is -3.17. The Labute approximate surface area is 143 Å². The van der Waals surface area contributed by atoms with Crippen LogP contribution in [-0.2, 0) is 14.4 Å². The van der Waals surface area contributed by atoms with Crippen molar-refractivity contribution in [3.63, 3.8) is 0 Å².